The van der Waals surface area contributed by atoms with Crippen molar-refractivity contribution >= 4 is 11.6 Å². The third-order valence-corrected chi connectivity index (χ3v) is 3.89. The van der Waals surface area contributed by atoms with E-state index in [4.69, 9.17) is 4.52 Å². The van der Waals surface area contributed by atoms with Crippen LogP contribution in [0.4, 0.5) is 10.1 Å². The Labute approximate surface area is 137 Å². The van der Waals surface area contributed by atoms with Crippen molar-refractivity contribution in [1.82, 2.24) is 14.9 Å². The van der Waals surface area contributed by atoms with Gasteiger partial charge in [0, 0.05) is 18.2 Å². The van der Waals surface area contributed by atoms with Crippen LogP contribution in [0, 0.1) is 5.82 Å². The van der Waals surface area contributed by atoms with E-state index in [1.807, 2.05) is 0 Å². The van der Waals surface area contributed by atoms with Crippen LogP contribution in [0.1, 0.15) is 40.6 Å². The maximum Gasteiger partial charge on any atom is 0.277 e. The molecule has 6 nitrogen and oxygen atoms in total. The van der Waals surface area contributed by atoms with Gasteiger partial charge in [0.15, 0.2) is 5.69 Å². The van der Waals surface area contributed by atoms with Crippen molar-refractivity contribution in [3.8, 4) is 0 Å². The summed E-state index contributed by atoms with van der Waals surface area (Å²) in [6.45, 7) is 0.492. The largest absolute Gasteiger partial charge is 0.360 e. The predicted octanol–water partition coefficient (Wildman–Crippen LogP) is 3.19. The Morgan fingerprint density at radius 3 is 2.88 bits per heavy atom. The molecule has 2 aromatic heterocycles. The van der Waals surface area contributed by atoms with Crippen LogP contribution < -0.4 is 5.32 Å². The summed E-state index contributed by atoms with van der Waals surface area (Å²) in [7, 11) is 0. The first kappa shape index (κ1) is 14.6. The normalized spacial score (nSPS) is 13.9. The molecular weight excluding hydrogens is 311 g/mol. The second kappa shape index (κ2) is 5.92. The molecule has 1 fully saturated rings. The number of amides is 1. The van der Waals surface area contributed by atoms with E-state index >= 15 is 0 Å². The van der Waals surface area contributed by atoms with Gasteiger partial charge in [-0.15, -0.1) is 0 Å². The molecule has 4 rings (SSSR count). The fraction of sp³-hybridized carbons (Fsp3) is 0.235. The summed E-state index contributed by atoms with van der Waals surface area (Å²) in [5.41, 5.74) is 1.75. The van der Waals surface area contributed by atoms with Gasteiger partial charge in [0.1, 0.15) is 11.6 Å². The summed E-state index contributed by atoms with van der Waals surface area (Å²) in [4.78, 5) is 12.2. The molecule has 2 heterocycles. The molecule has 24 heavy (non-hydrogen) atoms. The molecule has 1 aromatic carbocycles. The number of nitrogens with zero attached hydrogens (tertiary/aromatic N) is 3. The Bertz CT molecular complexity index is 865. The summed E-state index contributed by atoms with van der Waals surface area (Å²) < 4.78 is 19.8. The van der Waals surface area contributed by atoms with Crippen LogP contribution in [0.25, 0.3) is 0 Å². The van der Waals surface area contributed by atoms with E-state index in [0.29, 0.717) is 18.2 Å². The predicted molar refractivity (Wildman–Crippen MR) is 84.2 cm³/mol. The zero-order valence-electron chi connectivity index (χ0n) is 12.8. The van der Waals surface area contributed by atoms with Crippen LogP contribution >= 0.6 is 0 Å². The number of carbonyl (C=O) groups is 1. The molecule has 3 aromatic rings. The van der Waals surface area contributed by atoms with E-state index in [2.05, 4.69) is 15.6 Å². The number of carbonyl (C=O) groups excluding carboxylic acids is 1. The van der Waals surface area contributed by atoms with Gasteiger partial charge in [-0.1, -0.05) is 17.3 Å². The molecule has 0 unspecified atom stereocenters. The first-order chi connectivity index (χ1) is 11.7. The molecule has 122 valence electrons. The van der Waals surface area contributed by atoms with Gasteiger partial charge in [-0.3, -0.25) is 9.48 Å². The average Bonchev–Trinajstić information content (AvgIpc) is 3.14. The zero-order chi connectivity index (χ0) is 16.5. The van der Waals surface area contributed by atoms with Gasteiger partial charge in [-0.2, -0.15) is 5.10 Å². The number of nitrogens with one attached hydrogen (secondary N) is 1. The van der Waals surface area contributed by atoms with E-state index in [0.717, 1.165) is 24.2 Å². The highest BCUT2D eigenvalue weighted by Crippen LogP contribution is 2.40. The molecule has 1 amide bonds. The maximum atomic E-state index is 12.9. The summed E-state index contributed by atoms with van der Waals surface area (Å²) >= 11 is 0. The average molecular weight is 326 g/mol. The van der Waals surface area contributed by atoms with Gasteiger partial charge in [-0.25, -0.2) is 4.39 Å². The van der Waals surface area contributed by atoms with Gasteiger partial charge >= 0.3 is 0 Å². The minimum atomic E-state index is -0.327. The smallest absolute Gasteiger partial charge is 0.277 e. The van der Waals surface area contributed by atoms with Crippen molar-refractivity contribution in [2.24, 2.45) is 0 Å². The Hall–Kier alpha value is -2.96. The van der Waals surface area contributed by atoms with Crippen LogP contribution in [0.5, 0.6) is 0 Å². The van der Waals surface area contributed by atoms with E-state index < -0.39 is 0 Å². The lowest BCUT2D eigenvalue weighted by Gasteiger charge is -2.01. The Balaban J connectivity index is 1.40. The zero-order valence-corrected chi connectivity index (χ0v) is 12.8. The number of rotatable bonds is 5. The molecular formula is C17H15FN4O2. The SMILES string of the molecule is O=C(Nc1cnn(Cc2ccc(F)cc2)c1)c1cc(C2CC2)on1. The molecule has 1 saturated carbocycles. The standard InChI is InChI=1S/C17H15FN4O2/c18-13-5-1-11(2-6-13)9-22-10-14(8-19-22)20-17(23)15-7-16(24-21-15)12-3-4-12/h1-2,5-8,10,12H,3-4,9H2,(H,20,23). The summed E-state index contributed by atoms with van der Waals surface area (Å²) in [6.07, 6.45) is 5.45. The van der Waals surface area contributed by atoms with E-state index in [1.165, 1.54) is 12.1 Å². The summed E-state index contributed by atoms with van der Waals surface area (Å²) in [5, 5.41) is 10.7. The quantitative estimate of drug-likeness (QED) is 0.781. The topological polar surface area (TPSA) is 73.0 Å². The van der Waals surface area contributed by atoms with E-state index in [1.54, 1.807) is 35.3 Å². The number of benzene rings is 1. The highest BCUT2D eigenvalue weighted by atomic mass is 19.1. The number of halogens is 1. The van der Waals surface area contributed by atoms with Gasteiger partial charge in [0.2, 0.25) is 0 Å². The van der Waals surface area contributed by atoms with Gasteiger partial charge < -0.3 is 9.84 Å². The Kier molecular flexibility index (Phi) is 3.60. The molecule has 0 bridgehead atoms. The molecule has 1 N–H and O–H groups in total. The fourth-order valence-electron chi connectivity index (χ4n) is 2.44. The third kappa shape index (κ3) is 3.19. The minimum absolute atomic E-state index is 0.267. The van der Waals surface area contributed by atoms with Crippen molar-refractivity contribution in [3.05, 3.63) is 65.6 Å². The fourth-order valence-corrected chi connectivity index (χ4v) is 2.44. The molecule has 1 aliphatic rings. The number of hydrogen-bond acceptors (Lipinski definition) is 4. The monoisotopic (exact) mass is 326 g/mol. The lowest BCUT2D eigenvalue weighted by atomic mass is 10.2. The Morgan fingerprint density at radius 1 is 1.33 bits per heavy atom. The highest BCUT2D eigenvalue weighted by Gasteiger charge is 2.28. The van der Waals surface area contributed by atoms with Gasteiger partial charge in [0.05, 0.1) is 18.4 Å². The van der Waals surface area contributed by atoms with Gasteiger partial charge in [-0.05, 0) is 30.5 Å². The minimum Gasteiger partial charge on any atom is -0.360 e. The Morgan fingerprint density at radius 2 is 2.12 bits per heavy atom. The molecule has 7 heteroatoms. The van der Waals surface area contributed by atoms with Crippen molar-refractivity contribution in [2.45, 2.75) is 25.3 Å². The molecule has 0 spiro atoms. The molecule has 0 aliphatic heterocycles. The van der Waals surface area contributed by atoms with Crippen molar-refractivity contribution in [3.63, 3.8) is 0 Å². The highest BCUT2D eigenvalue weighted by molar-refractivity contribution is 6.02. The number of anilines is 1. The number of aromatic nitrogens is 3. The van der Waals surface area contributed by atoms with Crippen LogP contribution in [-0.2, 0) is 6.54 Å². The van der Waals surface area contributed by atoms with Gasteiger partial charge in [0.25, 0.3) is 5.91 Å². The van der Waals surface area contributed by atoms with Crippen LogP contribution in [0.3, 0.4) is 0 Å². The van der Waals surface area contributed by atoms with Crippen molar-refractivity contribution in [2.75, 3.05) is 5.32 Å². The van der Waals surface area contributed by atoms with E-state index in [-0.39, 0.29) is 17.4 Å². The van der Waals surface area contributed by atoms with Crippen LogP contribution in [0.2, 0.25) is 0 Å². The summed E-state index contributed by atoms with van der Waals surface area (Å²) in [5.74, 6) is 0.585. The lowest BCUT2D eigenvalue weighted by Crippen LogP contribution is -2.11. The molecule has 1 aliphatic carbocycles. The third-order valence-electron chi connectivity index (χ3n) is 3.89. The summed E-state index contributed by atoms with van der Waals surface area (Å²) in [6, 6.07) is 7.90. The van der Waals surface area contributed by atoms with Crippen molar-refractivity contribution < 1.29 is 13.7 Å². The number of hydrogen-bond donors (Lipinski definition) is 1. The first-order valence-electron chi connectivity index (χ1n) is 7.72. The van der Waals surface area contributed by atoms with Crippen LogP contribution in [0.15, 0.2) is 47.2 Å². The lowest BCUT2D eigenvalue weighted by molar-refractivity contribution is 0.101. The second-order valence-electron chi connectivity index (χ2n) is 5.90. The second-order valence-corrected chi connectivity index (χ2v) is 5.90. The maximum absolute atomic E-state index is 12.9. The molecule has 0 saturated heterocycles. The van der Waals surface area contributed by atoms with E-state index in [9.17, 15) is 9.18 Å². The first-order valence-corrected chi connectivity index (χ1v) is 7.72. The van der Waals surface area contributed by atoms with Crippen molar-refractivity contribution in [1.29, 1.82) is 0 Å². The molecule has 0 atom stereocenters. The van der Waals surface area contributed by atoms with Crippen LogP contribution in [-0.4, -0.2) is 20.8 Å². The molecule has 0 radical (unpaired) electrons.